The number of phenolic OH excluding ortho intramolecular Hbond substituents is 3. The lowest BCUT2D eigenvalue weighted by molar-refractivity contribution is -0.141. The predicted molar refractivity (Wildman–Crippen MR) is 158 cm³/mol. The van der Waals surface area contributed by atoms with Gasteiger partial charge in [0.2, 0.25) is 5.91 Å². The number of phenols is 3. The molecule has 4 aromatic rings. The van der Waals surface area contributed by atoms with E-state index in [0.29, 0.717) is 18.8 Å². The van der Waals surface area contributed by atoms with Gasteiger partial charge in [0.15, 0.2) is 0 Å². The second kappa shape index (κ2) is 12.9. The highest BCUT2D eigenvalue weighted by Crippen LogP contribution is 2.34. The number of hydrogen-bond donors (Lipinski definition) is 3. The number of hydrogen-bond acceptors (Lipinski definition) is 7. The summed E-state index contributed by atoms with van der Waals surface area (Å²) in [6.45, 7) is 0.657. The van der Waals surface area contributed by atoms with E-state index in [1.165, 1.54) is 24.3 Å². The van der Waals surface area contributed by atoms with E-state index in [4.69, 9.17) is 9.47 Å². The van der Waals surface area contributed by atoms with Crippen LogP contribution in [0.2, 0.25) is 0 Å². The number of rotatable bonds is 7. The molecule has 3 N–H and O–H groups in total. The lowest BCUT2D eigenvalue weighted by Gasteiger charge is -2.38. The van der Waals surface area contributed by atoms with E-state index in [9.17, 15) is 24.9 Å². The van der Waals surface area contributed by atoms with Gasteiger partial charge in [0.1, 0.15) is 35.2 Å². The van der Waals surface area contributed by atoms with Crippen LogP contribution >= 0.6 is 0 Å². The summed E-state index contributed by atoms with van der Waals surface area (Å²) in [6.07, 6.45) is 5.26. The van der Waals surface area contributed by atoms with Gasteiger partial charge in [-0.15, -0.1) is 0 Å². The molecule has 5 rings (SSSR count). The predicted octanol–water partition coefficient (Wildman–Crippen LogP) is 5.78. The van der Waals surface area contributed by atoms with Gasteiger partial charge in [0.05, 0.1) is 13.1 Å². The summed E-state index contributed by atoms with van der Waals surface area (Å²) in [5, 5.41) is 28.7. The first-order chi connectivity index (χ1) is 20.3. The zero-order chi connectivity index (χ0) is 29.5. The highest BCUT2D eigenvalue weighted by molar-refractivity contribution is 5.92. The first-order valence-electron chi connectivity index (χ1n) is 13.3. The molecule has 1 aliphatic heterocycles. The van der Waals surface area contributed by atoms with Crippen LogP contribution in [-0.4, -0.2) is 45.2 Å². The van der Waals surface area contributed by atoms with Crippen molar-refractivity contribution in [2.24, 2.45) is 0 Å². The Morgan fingerprint density at radius 3 is 1.57 bits per heavy atom. The Morgan fingerprint density at radius 2 is 1.07 bits per heavy atom. The Balaban J connectivity index is 1.23. The van der Waals surface area contributed by atoms with E-state index >= 15 is 0 Å². The molecule has 1 aliphatic rings. The summed E-state index contributed by atoms with van der Waals surface area (Å²) >= 11 is 0. The maximum absolute atomic E-state index is 13.3. The Kier molecular flexibility index (Phi) is 8.65. The molecule has 0 radical (unpaired) electrons. The fourth-order valence-electron chi connectivity index (χ4n) is 4.50. The van der Waals surface area contributed by atoms with Gasteiger partial charge >= 0.3 is 5.97 Å². The van der Waals surface area contributed by atoms with E-state index in [1.807, 2.05) is 0 Å². The fraction of sp³-hybridized carbons (Fsp3) is 0.118. The Morgan fingerprint density at radius 1 is 0.643 bits per heavy atom. The minimum Gasteiger partial charge on any atom is -0.508 e. The number of amides is 1. The highest BCUT2D eigenvalue weighted by atomic mass is 16.5. The molecule has 0 saturated carbocycles. The molecule has 8 nitrogen and oxygen atoms in total. The standard InChI is InChI=1S/C34H29NO7/c36-27-11-1-23(2-12-27)6-20-34(40)41-30-17-3-24(4-18-30)5-19-33(39)35-21-31(25-7-13-28(37)14-8-25)42-32(22-35)26-9-15-29(38)16-10-26/h1-20,31-32,36-38H,21-22H2/b19-5-,20-6+/t31-,32+. The average molecular weight is 564 g/mol. The molecule has 1 fully saturated rings. The van der Waals surface area contributed by atoms with E-state index in [0.717, 1.165) is 22.3 Å². The van der Waals surface area contributed by atoms with Gasteiger partial charge in [-0.1, -0.05) is 48.5 Å². The number of esters is 1. The lowest BCUT2D eigenvalue weighted by Crippen LogP contribution is -2.43. The van der Waals surface area contributed by atoms with Gasteiger partial charge in [-0.3, -0.25) is 4.79 Å². The summed E-state index contributed by atoms with van der Waals surface area (Å²) in [7, 11) is 0. The number of carbonyl (C=O) groups is 2. The second-order valence-electron chi connectivity index (χ2n) is 9.79. The highest BCUT2D eigenvalue weighted by Gasteiger charge is 2.31. The monoisotopic (exact) mass is 563 g/mol. The van der Waals surface area contributed by atoms with Crippen molar-refractivity contribution in [3.05, 3.63) is 131 Å². The van der Waals surface area contributed by atoms with Crippen molar-refractivity contribution in [3.8, 4) is 23.0 Å². The number of aromatic hydroxyl groups is 3. The summed E-state index contributed by atoms with van der Waals surface area (Å²) in [4.78, 5) is 27.1. The molecule has 0 aromatic heterocycles. The van der Waals surface area contributed by atoms with Crippen molar-refractivity contribution in [1.82, 2.24) is 4.90 Å². The fourth-order valence-corrected chi connectivity index (χ4v) is 4.50. The van der Waals surface area contributed by atoms with Crippen molar-refractivity contribution in [1.29, 1.82) is 0 Å². The molecule has 0 aliphatic carbocycles. The van der Waals surface area contributed by atoms with Crippen LogP contribution in [0.3, 0.4) is 0 Å². The van der Waals surface area contributed by atoms with Crippen LogP contribution < -0.4 is 4.74 Å². The summed E-state index contributed by atoms with van der Waals surface area (Å²) in [6, 6.07) is 26.6. The third-order valence-corrected chi connectivity index (χ3v) is 6.76. The Labute approximate surface area is 243 Å². The van der Waals surface area contributed by atoms with Gasteiger partial charge in [0.25, 0.3) is 0 Å². The van der Waals surface area contributed by atoms with E-state index in [2.05, 4.69) is 0 Å². The van der Waals surface area contributed by atoms with E-state index in [-0.39, 0.29) is 23.2 Å². The maximum Gasteiger partial charge on any atom is 0.336 e. The van der Waals surface area contributed by atoms with Crippen LogP contribution in [-0.2, 0) is 14.3 Å². The van der Waals surface area contributed by atoms with Crippen LogP contribution in [0.15, 0.2) is 109 Å². The van der Waals surface area contributed by atoms with E-state index in [1.54, 1.807) is 102 Å². The molecule has 8 heteroatoms. The molecule has 212 valence electrons. The molecule has 0 unspecified atom stereocenters. The molecule has 0 spiro atoms. The van der Waals surface area contributed by atoms with Crippen LogP contribution in [0, 0.1) is 0 Å². The maximum atomic E-state index is 13.3. The molecule has 0 bridgehead atoms. The minimum absolute atomic E-state index is 0.145. The van der Waals surface area contributed by atoms with Crippen molar-refractivity contribution < 1.29 is 34.4 Å². The number of nitrogens with zero attached hydrogens (tertiary/aromatic N) is 1. The zero-order valence-corrected chi connectivity index (χ0v) is 22.5. The summed E-state index contributed by atoms with van der Waals surface area (Å²) in [5.74, 6) is 0.0622. The van der Waals surface area contributed by atoms with Crippen molar-refractivity contribution in [3.63, 3.8) is 0 Å². The summed E-state index contributed by atoms with van der Waals surface area (Å²) < 4.78 is 11.7. The van der Waals surface area contributed by atoms with Gasteiger partial charge in [0, 0.05) is 12.2 Å². The molecule has 42 heavy (non-hydrogen) atoms. The Hall–Kier alpha value is -5.34. The first kappa shape index (κ1) is 28.2. The molecular formula is C34H29NO7. The lowest BCUT2D eigenvalue weighted by atomic mass is 10.0. The van der Waals surface area contributed by atoms with Crippen LogP contribution in [0.1, 0.15) is 34.5 Å². The summed E-state index contributed by atoms with van der Waals surface area (Å²) in [5.41, 5.74) is 3.17. The van der Waals surface area contributed by atoms with Crippen LogP contribution in [0.25, 0.3) is 12.2 Å². The SMILES string of the molecule is O=C(/C=C/c1ccc(O)cc1)Oc1ccc(/C=C\C(=O)N2C[C@@H](c3ccc(O)cc3)O[C@@H](c3ccc(O)cc3)C2)cc1. The number of ether oxygens (including phenoxy) is 2. The normalized spacial score (nSPS) is 17.0. The number of benzene rings is 4. The molecule has 1 saturated heterocycles. The van der Waals surface area contributed by atoms with Crippen LogP contribution in [0.4, 0.5) is 0 Å². The van der Waals surface area contributed by atoms with Gasteiger partial charge in [-0.2, -0.15) is 0 Å². The third-order valence-electron chi connectivity index (χ3n) is 6.76. The zero-order valence-electron chi connectivity index (χ0n) is 22.5. The van der Waals surface area contributed by atoms with Gasteiger partial charge in [-0.05, 0) is 82.9 Å². The Bertz CT molecular complexity index is 1520. The molecule has 2 atom stereocenters. The largest absolute Gasteiger partial charge is 0.508 e. The number of morpholine rings is 1. The molecular weight excluding hydrogens is 534 g/mol. The quantitative estimate of drug-likeness (QED) is 0.148. The third kappa shape index (κ3) is 7.44. The molecule has 4 aromatic carbocycles. The van der Waals surface area contributed by atoms with Crippen molar-refractivity contribution >= 4 is 24.0 Å². The number of carbonyl (C=O) groups excluding carboxylic acids is 2. The smallest absolute Gasteiger partial charge is 0.336 e. The first-order valence-corrected chi connectivity index (χ1v) is 13.3. The van der Waals surface area contributed by atoms with E-state index < -0.39 is 18.2 Å². The minimum atomic E-state index is -0.541. The second-order valence-corrected chi connectivity index (χ2v) is 9.79. The van der Waals surface area contributed by atoms with Gasteiger partial charge in [-0.25, -0.2) is 4.79 Å². The average Bonchev–Trinajstić information content (AvgIpc) is 3.01. The molecule has 1 heterocycles. The topological polar surface area (TPSA) is 117 Å². The van der Waals surface area contributed by atoms with Crippen LogP contribution in [0.5, 0.6) is 23.0 Å². The van der Waals surface area contributed by atoms with Crippen molar-refractivity contribution in [2.45, 2.75) is 12.2 Å². The van der Waals surface area contributed by atoms with Gasteiger partial charge < -0.3 is 29.7 Å². The molecule has 1 amide bonds. The van der Waals surface area contributed by atoms with Crippen molar-refractivity contribution in [2.75, 3.05) is 13.1 Å².